The van der Waals surface area contributed by atoms with Crippen LogP contribution in [-0.4, -0.2) is 17.0 Å². The van der Waals surface area contributed by atoms with E-state index in [4.69, 9.17) is 5.73 Å². The molecule has 1 fully saturated rings. The first-order valence-electron chi connectivity index (χ1n) is 6.53. The van der Waals surface area contributed by atoms with Gasteiger partial charge in [0.05, 0.1) is 0 Å². The van der Waals surface area contributed by atoms with Crippen LogP contribution in [0.2, 0.25) is 0 Å². The van der Waals surface area contributed by atoms with E-state index in [0.29, 0.717) is 5.92 Å². The molecule has 1 aromatic rings. The van der Waals surface area contributed by atoms with E-state index in [2.05, 4.69) is 44.2 Å². The molecular formula is C15H23NS. The van der Waals surface area contributed by atoms with Crippen LogP contribution in [-0.2, 0) is 0 Å². The second kappa shape index (κ2) is 5.45. The fourth-order valence-corrected chi connectivity index (χ4v) is 3.48. The number of hydrogen-bond donors (Lipinski definition) is 1. The van der Waals surface area contributed by atoms with Gasteiger partial charge in [0, 0.05) is 11.5 Å². The van der Waals surface area contributed by atoms with Crippen LogP contribution in [0.15, 0.2) is 30.3 Å². The molecule has 1 nitrogen and oxygen atoms in total. The third kappa shape index (κ3) is 3.49. The summed E-state index contributed by atoms with van der Waals surface area (Å²) in [5, 5.41) is 0. The maximum Gasteiger partial charge on any atom is 0.0238 e. The zero-order valence-electron chi connectivity index (χ0n) is 10.9. The largest absolute Gasteiger partial charge is 0.324 e. The maximum atomic E-state index is 6.43. The second-order valence-corrected chi connectivity index (χ2v) is 6.77. The van der Waals surface area contributed by atoms with Crippen LogP contribution in [0.1, 0.15) is 38.2 Å². The van der Waals surface area contributed by atoms with Crippen molar-refractivity contribution in [3.8, 4) is 0 Å². The fraction of sp³-hybridized carbons (Fsp3) is 0.600. The monoisotopic (exact) mass is 249 g/mol. The van der Waals surface area contributed by atoms with Gasteiger partial charge in [-0.2, -0.15) is 11.8 Å². The second-order valence-electron chi connectivity index (χ2n) is 5.62. The van der Waals surface area contributed by atoms with Crippen molar-refractivity contribution in [2.45, 2.75) is 38.1 Å². The quantitative estimate of drug-likeness (QED) is 0.779. The molecule has 2 heteroatoms. The van der Waals surface area contributed by atoms with E-state index in [1.165, 1.54) is 23.5 Å². The van der Waals surface area contributed by atoms with Gasteiger partial charge in [0.2, 0.25) is 0 Å². The van der Waals surface area contributed by atoms with Gasteiger partial charge in [-0.05, 0) is 35.8 Å². The summed E-state index contributed by atoms with van der Waals surface area (Å²) in [6.45, 7) is 4.55. The molecule has 1 aliphatic carbocycles. The van der Waals surface area contributed by atoms with Gasteiger partial charge < -0.3 is 5.73 Å². The normalized spacial score (nSPS) is 27.4. The molecule has 2 rings (SSSR count). The summed E-state index contributed by atoms with van der Waals surface area (Å²) in [4.78, 5) is 0. The zero-order valence-corrected chi connectivity index (χ0v) is 11.7. The number of nitrogens with two attached hydrogens (primary N) is 1. The molecule has 2 atom stereocenters. The Morgan fingerprint density at radius 1 is 1.35 bits per heavy atom. The molecule has 0 unspecified atom stereocenters. The van der Waals surface area contributed by atoms with Crippen molar-refractivity contribution in [1.82, 2.24) is 0 Å². The highest BCUT2D eigenvalue weighted by Crippen LogP contribution is 2.51. The molecule has 0 saturated heterocycles. The Morgan fingerprint density at radius 2 is 2.06 bits per heavy atom. The summed E-state index contributed by atoms with van der Waals surface area (Å²) < 4.78 is 0. The number of thioether (sulfide) groups is 1. The van der Waals surface area contributed by atoms with Crippen molar-refractivity contribution in [3.05, 3.63) is 35.9 Å². The predicted octanol–water partition coefficient (Wildman–Crippen LogP) is 3.65. The van der Waals surface area contributed by atoms with Gasteiger partial charge in [0.25, 0.3) is 0 Å². The molecule has 94 valence electrons. The SMILES string of the molecule is CC(C)CSCC[C@@]1(N)C[C@H]1c1ccccc1. The highest BCUT2D eigenvalue weighted by atomic mass is 32.2. The van der Waals surface area contributed by atoms with E-state index in [0.717, 1.165) is 12.3 Å². The topological polar surface area (TPSA) is 26.0 Å². The lowest BCUT2D eigenvalue weighted by molar-refractivity contribution is 0.631. The van der Waals surface area contributed by atoms with Crippen molar-refractivity contribution in [3.63, 3.8) is 0 Å². The molecule has 0 amide bonds. The summed E-state index contributed by atoms with van der Waals surface area (Å²) >= 11 is 2.05. The molecule has 0 bridgehead atoms. The molecule has 1 saturated carbocycles. The summed E-state index contributed by atoms with van der Waals surface area (Å²) in [6, 6.07) is 10.7. The first kappa shape index (κ1) is 13.0. The lowest BCUT2D eigenvalue weighted by Gasteiger charge is -2.12. The average Bonchev–Trinajstić information content (AvgIpc) is 2.99. The maximum absolute atomic E-state index is 6.43. The van der Waals surface area contributed by atoms with Crippen molar-refractivity contribution < 1.29 is 0 Å². The molecule has 1 aromatic carbocycles. The third-order valence-electron chi connectivity index (χ3n) is 3.48. The van der Waals surface area contributed by atoms with Crippen molar-refractivity contribution >= 4 is 11.8 Å². The van der Waals surface area contributed by atoms with Crippen LogP contribution in [0.5, 0.6) is 0 Å². The molecule has 0 aliphatic heterocycles. The summed E-state index contributed by atoms with van der Waals surface area (Å²) in [7, 11) is 0. The average molecular weight is 249 g/mol. The predicted molar refractivity (Wildman–Crippen MR) is 77.5 cm³/mol. The van der Waals surface area contributed by atoms with E-state index in [1.54, 1.807) is 0 Å². The van der Waals surface area contributed by atoms with Crippen LogP contribution in [0.3, 0.4) is 0 Å². The molecular weight excluding hydrogens is 226 g/mol. The van der Waals surface area contributed by atoms with Crippen LogP contribution in [0, 0.1) is 5.92 Å². The molecule has 2 N–H and O–H groups in total. The Bertz CT molecular complexity index is 349. The van der Waals surface area contributed by atoms with Gasteiger partial charge in [-0.1, -0.05) is 44.2 Å². The highest BCUT2D eigenvalue weighted by Gasteiger charge is 2.50. The minimum absolute atomic E-state index is 0.0886. The molecule has 0 spiro atoms. The van der Waals surface area contributed by atoms with Gasteiger partial charge in [-0.25, -0.2) is 0 Å². The standard InChI is InChI=1S/C15H23NS/c1-12(2)11-17-9-8-15(16)10-14(15)13-6-4-3-5-7-13/h3-7,12,14H,8-11,16H2,1-2H3/t14-,15+/m0/s1. The van der Waals surface area contributed by atoms with Gasteiger partial charge in [0.1, 0.15) is 0 Å². The first-order chi connectivity index (χ1) is 8.12. The smallest absolute Gasteiger partial charge is 0.0238 e. The number of rotatable bonds is 6. The van der Waals surface area contributed by atoms with Crippen molar-refractivity contribution in [2.75, 3.05) is 11.5 Å². The molecule has 0 aromatic heterocycles. The number of hydrogen-bond acceptors (Lipinski definition) is 2. The zero-order chi connectivity index (χ0) is 12.3. The molecule has 1 aliphatic rings. The fourth-order valence-electron chi connectivity index (χ4n) is 2.31. The lowest BCUT2D eigenvalue weighted by Crippen LogP contribution is -2.25. The van der Waals surface area contributed by atoms with Crippen LogP contribution < -0.4 is 5.73 Å². The number of benzene rings is 1. The Hall–Kier alpha value is -0.470. The van der Waals surface area contributed by atoms with E-state index >= 15 is 0 Å². The first-order valence-corrected chi connectivity index (χ1v) is 7.69. The van der Waals surface area contributed by atoms with Crippen molar-refractivity contribution in [1.29, 1.82) is 0 Å². The van der Waals surface area contributed by atoms with Gasteiger partial charge >= 0.3 is 0 Å². The minimum atomic E-state index is 0.0886. The van der Waals surface area contributed by atoms with Gasteiger partial charge in [-0.15, -0.1) is 0 Å². The van der Waals surface area contributed by atoms with E-state index < -0.39 is 0 Å². The third-order valence-corrected chi connectivity index (χ3v) is 4.88. The molecule has 0 heterocycles. The Morgan fingerprint density at radius 3 is 2.71 bits per heavy atom. The van der Waals surface area contributed by atoms with E-state index in [9.17, 15) is 0 Å². The van der Waals surface area contributed by atoms with Crippen LogP contribution in [0.25, 0.3) is 0 Å². The van der Waals surface area contributed by atoms with Gasteiger partial charge in [0.15, 0.2) is 0 Å². The van der Waals surface area contributed by atoms with Crippen molar-refractivity contribution in [2.24, 2.45) is 11.7 Å². The molecule has 17 heavy (non-hydrogen) atoms. The van der Waals surface area contributed by atoms with E-state index in [-0.39, 0.29) is 5.54 Å². The highest BCUT2D eigenvalue weighted by molar-refractivity contribution is 7.99. The van der Waals surface area contributed by atoms with Crippen LogP contribution in [0.4, 0.5) is 0 Å². The summed E-state index contributed by atoms with van der Waals surface area (Å²) in [5.74, 6) is 3.85. The summed E-state index contributed by atoms with van der Waals surface area (Å²) in [6.07, 6.45) is 2.32. The van der Waals surface area contributed by atoms with Crippen LogP contribution >= 0.6 is 11.8 Å². The Labute approximate surface area is 109 Å². The Balaban J connectivity index is 1.76. The lowest BCUT2D eigenvalue weighted by atomic mass is 10.1. The van der Waals surface area contributed by atoms with E-state index in [1.807, 2.05) is 11.8 Å². The molecule has 0 radical (unpaired) electrons. The summed E-state index contributed by atoms with van der Waals surface area (Å²) in [5.41, 5.74) is 7.94. The Kier molecular flexibility index (Phi) is 4.16. The minimum Gasteiger partial charge on any atom is -0.324 e. The van der Waals surface area contributed by atoms with Gasteiger partial charge in [-0.3, -0.25) is 0 Å².